The van der Waals surface area contributed by atoms with Crippen LogP contribution in [0.5, 0.6) is 0 Å². The van der Waals surface area contributed by atoms with Crippen LogP contribution >= 0.6 is 22.7 Å². The smallest absolute Gasteiger partial charge is 0.350 e. The number of aromatic nitrogens is 2. The molecule has 2 aromatic rings. The molecule has 0 atom stereocenters. The number of hydrogen-bond donors (Lipinski definition) is 0. The van der Waals surface area contributed by atoms with Crippen LogP contribution in [0.15, 0.2) is 10.9 Å². The van der Waals surface area contributed by atoms with E-state index in [0.717, 1.165) is 11.3 Å². The summed E-state index contributed by atoms with van der Waals surface area (Å²) in [6.45, 7) is 3.36. The van der Waals surface area contributed by atoms with Gasteiger partial charge in [0.1, 0.15) is 21.3 Å². The minimum Gasteiger partial charge on any atom is -0.462 e. The first-order valence-corrected chi connectivity index (χ1v) is 6.96. The molecular weight excluding hydrogens is 272 g/mol. The highest BCUT2D eigenvalue weighted by Crippen LogP contribution is 2.28. The summed E-state index contributed by atoms with van der Waals surface area (Å²) in [4.78, 5) is 31.7. The van der Waals surface area contributed by atoms with E-state index in [2.05, 4.69) is 9.97 Å². The van der Waals surface area contributed by atoms with Crippen LogP contribution in [0.25, 0.3) is 10.7 Å². The first kappa shape index (κ1) is 12.8. The van der Waals surface area contributed by atoms with E-state index in [4.69, 9.17) is 4.74 Å². The van der Waals surface area contributed by atoms with Crippen LogP contribution in [0.3, 0.4) is 0 Å². The highest BCUT2D eigenvalue weighted by molar-refractivity contribution is 7.17. The van der Waals surface area contributed by atoms with Gasteiger partial charge in [0.2, 0.25) is 0 Å². The van der Waals surface area contributed by atoms with Gasteiger partial charge in [-0.15, -0.1) is 22.7 Å². The average molecular weight is 282 g/mol. The Kier molecular flexibility index (Phi) is 3.83. The standard InChI is InChI=1S/C11H10N2O3S2/c1-3-16-11(15)9-8(6(2)14)13-10(18-9)7-4-17-5-12-7/h4-5H,3H2,1-2H3. The van der Waals surface area contributed by atoms with E-state index >= 15 is 0 Å². The Balaban J connectivity index is 2.45. The first-order valence-electron chi connectivity index (χ1n) is 5.21. The summed E-state index contributed by atoms with van der Waals surface area (Å²) in [6, 6.07) is 0. The molecule has 0 aromatic carbocycles. The fraction of sp³-hybridized carbons (Fsp3) is 0.273. The van der Waals surface area contributed by atoms with Crippen molar-refractivity contribution in [2.45, 2.75) is 13.8 Å². The third-order valence-electron chi connectivity index (χ3n) is 2.07. The van der Waals surface area contributed by atoms with Crippen LogP contribution in [0.2, 0.25) is 0 Å². The van der Waals surface area contributed by atoms with E-state index in [9.17, 15) is 9.59 Å². The largest absolute Gasteiger partial charge is 0.462 e. The molecule has 0 fully saturated rings. The second-order valence-electron chi connectivity index (χ2n) is 3.35. The Morgan fingerprint density at radius 2 is 2.22 bits per heavy atom. The number of ether oxygens (including phenoxy) is 1. The van der Waals surface area contributed by atoms with Gasteiger partial charge in [-0.25, -0.2) is 14.8 Å². The highest BCUT2D eigenvalue weighted by atomic mass is 32.1. The zero-order chi connectivity index (χ0) is 13.1. The van der Waals surface area contributed by atoms with E-state index in [1.165, 1.54) is 18.3 Å². The predicted octanol–water partition coefficient (Wildman–Crippen LogP) is 2.65. The maximum atomic E-state index is 11.7. The van der Waals surface area contributed by atoms with Crippen LogP contribution < -0.4 is 0 Å². The molecule has 7 heteroatoms. The van der Waals surface area contributed by atoms with Crippen molar-refractivity contribution in [1.82, 2.24) is 9.97 Å². The summed E-state index contributed by atoms with van der Waals surface area (Å²) >= 11 is 2.56. The molecule has 0 aliphatic carbocycles. The van der Waals surface area contributed by atoms with Gasteiger partial charge in [-0.1, -0.05) is 0 Å². The van der Waals surface area contributed by atoms with Gasteiger partial charge in [-0.05, 0) is 6.92 Å². The van der Waals surface area contributed by atoms with Crippen LogP contribution in [-0.4, -0.2) is 28.3 Å². The van der Waals surface area contributed by atoms with Gasteiger partial charge in [0.25, 0.3) is 0 Å². The number of thiazole rings is 2. The molecule has 0 amide bonds. The molecular formula is C11H10N2O3S2. The quantitative estimate of drug-likeness (QED) is 0.637. The maximum absolute atomic E-state index is 11.7. The molecule has 2 heterocycles. The van der Waals surface area contributed by atoms with Crippen molar-refractivity contribution in [2.24, 2.45) is 0 Å². The zero-order valence-corrected chi connectivity index (χ0v) is 11.4. The van der Waals surface area contributed by atoms with Crippen molar-refractivity contribution in [3.05, 3.63) is 21.5 Å². The van der Waals surface area contributed by atoms with E-state index in [1.807, 2.05) is 5.38 Å². The molecule has 2 aromatic heterocycles. The van der Waals surface area contributed by atoms with Gasteiger partial charge >= 0.3 is 5.97 Å². The molecule has 94 valence electrons. The van der Waals surface area contributed by atoms with Crippen LogP contribution in [-0.2, 0) is 4.74 Å². The molecule has 0 saturated heterocycles. The van der Waals surface area contributed by atoms with Gasteiger partial charge in [0.05, 0.1) is 12.1 Å². The van der Waals surface area contributed by atoms with Crippen molar-refractivity contribution in [3.63, 3.8) is 0 Å². The van der Waals surface area contributed by atoms with Crippen molar-refractivity contribution in [3.8, 4) is 10.7 Å². The van der Waals surface area contributed by atoms with Crippen LogP contribution in [0, 0.1) is 0 Å². The topological polar surface area (TPSA) is 69.2 Å². The summed E-state index contributed by atoms with van der Waals surface area (Å²) in [5.74, 6) is -0.766. The lowest BCUT2D eigenvalue weighted by Crippen LogP contribution is -2.07. The van der Waals surface area contributed by atoms with Gasteiger partial charge in [0, 0.05) is 12.3 Å². The second-order valence-corrected chi connectivity index (χ2v) is 5.06. The number of carbonyl (C=O) groups excluding carboxylic acids is 2. The van der Waals surface area contributed by atoms with Crippen molar-refractivity contribution < 1.29 is 14.3 Å². The average Bonchev–Trinajstić information content (AvgIpc) is 2.98. The summed E-state index contributed by atoms with van der Waals surface area (Å²) in [5, 5.41) is 2.38. The molecule has 0 aliphatic rings. The van der Waals surface area contributed by atoms with Crippen molar-refractivity contribution in [1.29, 1.82) is 0 Å². The van der Waals surface area contributed by atoms with E-state index in [1.54, 1.807) is 12.4 Å². The Labute approximate surface area is 111 Å². The van der Waals surface area contributed by atoms with Gasteiger partial charge in [0.15, 0.2) is 5.78 Å². The Morgan fingerprint density at radius 3 is 2.78 bits per heavy atom. The fourth-order valence-electron chi connectivity index (χ4n) is 1.32. The van der Waals surface area contributed by atoms with Crippen LogP contribution in [0.4, 0.5) is 0 Å². The number of Topliss-reactive ketones (excluding diaryl/α,β-unsaturated/α-hetero) is 1. The second kappa shape index (κ2) is 5.36. The molecule has 0 radical (unpaired) electrons. The molecule has 2 rings (SSSR count). The minimum absolute atomic E-state index is 0.154. The fourth-order valence-corrected chi connectivity index (χ4v) is 2.91. The molecule has 0 unspecified atom stereocenters. The lowest BCUT2D eigenvalue weighted by atomic mass is 10.3. The van der Waals surface area contributed by atoms with Crippen LogP contribution in [0.1, 0.15) is 34.0 Å². The Bertz CT molecular complexity index is 575. The van der Waals surface area contributed by atoms with Crippen molar-refractivity contribution in [2.75, 3.05) is 6.61 Å². The third kappa shape index (κ3) is 2.46. The number of hydrogen-bond acceptors (Lipinski definition) is 7. The number of nitrogens with zero attached hydrogens (tertiary/aromatic N) is 2. The number of esters is 1. The maximum Gasteiger partial charge on any atom is 0.350 e. The lowest BCUT2D eigenvalue weighted by Gasteiger charge is -1.98. The summed E-state index contributed by atoms with van der Waals surface area (Å²) in [5.41, 5.74) is 2.50. The number of ketones is 1. The highest BCUT2D eigenvalue weighted by Gasteiger charge is 2.23. The lowest BCUT2D eigenvalue weighted by molar-refractivity contribution is 0.0528. The molecule has 0 N–H and O–H groups in total. The molecule has 0 bridgehead atoms. The van der Waals surface area contributed by atoms with Gasteiger partial charge in [-0.2, -0.15) is 0 Å². The Hall–Kier alpha value is -1.60. The summed E-state index contributed by atoms with van der Waals surface area (Å²) in [7, 11) is 0. The molecule has 5 nitrogen and oxygen atoms in total. The van der Waals surface area contributed by atoms with Gasteiger partial charge < -0.3 is 4.74 Å². The normalized spacial score (nSPS) is 10.3. The summed E-state index contributed by atoms with van der Waals surface area (Å²) in [6.07, 6.45) is 0. The SMILES string of the molecule is CCOC(=O)c1sc(-c2cscn2)nc1C(C)=O. The van der Waals surface area contributed by atoms with Gasteiger partial charge in [-0.3, -0.25) is 4.79 Å². The molecule has 0 spiro atoms. The van der Waals surface area contributed by atoms with Crippen molar-refractivity contribution >= 4 is 34.4 Å². The van der Waals surface area contributed by atoms with E-state index in [-0.39, 0.29) is 23.0 Å². The number of rotatable bonds is 4. The minimum atomic E-state index is -0.512. The molecule has 0 saturated carbocycles. The first-order chi connectivity index (χ1) is 8.63. The molecule has 18 heavy (non-hydrogen) atoms. The molecule has 0 aliphatic heterocycles. The monoisotopic (exact) mass is 282 g/mol. The number of carbonyl (C=O) groups is 2. The van der Waals surface area contributed by atoms with E-state index in [0.29, 0.717) is 10.7 Å². The Morgan fingerprint density at radius 1 is 1.44 bits per heavy atom. The summed E-state index contributed by atoms with van der Waals surface area (Å²) < 4.78 is 4.91. The van der Waals surface area contributed by atoms with E-state index < -0.39 is 5.97 Å². The third-order valence-corrected chi connectivity index (χ3v) is 3.72. The predicted molar refractivity (Wildman–Crippen MR) is 69.2 cm³/mol. The zero-order valence-electron chi connectivity index (χ0n) is 9.80.